The fourth-order valence-electron chi connectivity index (χ4n) is 2.62. The third-order valence-electron chi connectivity index (χ3n) is 4.20. The van der Waals surface area contributed by atoms with Crippen LogP contribution in [0, 0.1) is 0 Å². The van der Waals surface area contributed by atoms with Gasteiger partial charge in [-0.3, -0.25) is 9.59 Å². The molecule has 0 saturated heterocycles. The number of hydrogen-bond acceptors (Lipinski definition) is 4. The second-order valence-electron chi connectivity index (χ2n) is 7.13. The van der Waals surface area contributed by atoms with Crippen molar-refractivity contribution >= 4 is 17.5 Å². The van der Waals surface area contributed by atoms with E-state index in [4.69, 9.17) is 4.74 Å². The van der Waals surface area contributed by atoms with Gasteiger partial charge in [-0.15, -0.1) is 0 Å². The van der Waals surface area contributed by atoms with Gasteiger partial charge in [-0.2, -0.15) is 0 Å². The van der Waals surface area contributed by atoms with Crippen LogP contribution >= 0.6 is 0 Å². The zero-order valence-corrected chi connectivity index (χ0v) is 17.5. The average Bonchev–Trinajstić information content (AvgIpc) is 2.72. The molecule has 0 aliphatic rings. The summed E-state index contributed by atoms with van der Waals surface area (Å²) in [5.41, 5.74) is 2.41. The molecule has 156 valence electrons. The van der Waals surface area contributed by atoms with Gasteiger partial charge in [0.15, 0.2) is 0 Å². The minimum atomic E-state index is -0.103. The van der Waals surface area contributed by atoms with E-state index in [1.165, 1.54) is 0 Å². The van der Waals surface area contributed by atoms with E-state index in [1.54, 1.807) is 24.3 Å². The van der Waals surface area contributed by atoms with Crippen molar-refractivity contribution in [2.75, 3.05) is 18.4 Å². The first-order valence-corrected chi connectivity index (χ1v) is 10.1. The monoisotopic (exact) mass is 397 g/mol. The summed E-state index contributed by atoms with van der Waals surface area (Å²) in [4.78, 5) is 24.0. The highest BCUT2D eigenvalue weighted by Gasteiger charge is 2.06. The molecule has 0 radical (unpaired) electrons. The van der Waals surface area contributed by atoms with Gasteiger partial charge in [-0.1, -0.05) is 25.5 Å². The Labute approximate surface area is 173 Å². The van der Waals surface area contributed by atoms with Crippen LogP contribution in [0.2, 0.25) is 0 Å². The molecule has 2 aromatic rings. The number of unbranched alkanes of at least 4 members (excludes halogenated alkanes) is 1. The summed E-state index contributed by atoms with van der Waals surface area (Å²) in [5, 5.41) is 8.83. The summed E-state index contributed by atoms with van der Waals surface area (Å²) in [6, 6.07) is 14.8. The van der Waals surface area contributed by atoms with Crippen LogP contribution in [0.25, 0.3) is 0 Å². The predicted molar refractivity (Wildman–Crippen MR) is 116 cm³/mol. The largest absolute Gasteiger partial charge is 0.491 e. The maximum atomic E-state index is 12.1. The molecular formula is C23H31N3O3. The Bertz CT molecular complexity index is 771. The van der Waals surface area contributed by atoms with E-state index in [1.807, 2.05) is 38.1 Å². The van der Waals surface area contributed by atoms with Crippen molar-refractivity contribution in [1.29, 1.82) is 0 Å². The Morgan fingerprint density at radius 2 is 1.66 bits per heavy atom. The Balaban J connectivity index is 1.72. The van der Waals surface area contributed by atoms with E-state index >= 15 is 0 Å². The molecule has 6 heteroatoms. The highest BCUT2D eigenvalue weighted by atomic mass is 16.5. The fraction of sp³-hybridized carbons (Fsp3) is 0.391. The minimum Gasteiger partial charge on any atom is -0.491 e. The van der Waals surface area contributed by atoms with Crippen LogP contribution in [0.3, 0.4) is 0 Å². The molecule has 0 aliphatic carbocycles. The normalized spacial score (nSPS) is 10.5. The molecule has 2 aromatic carbocycles. The average molecular weight is 398 g/mol. The number of anilines is 1. The van der Waals surface area contributed by atoms with Crippen LogP contribution in [0.4, 0.5) is 5.69 Å². The molecule has 0 fully saturated rings. The van der Waals surface area contributed by atoms with Crippen LogP contribution in [0.1, 0.15) is 49.5 Å². The van der Waals surface area contributed by atoms with Gasteiger partial charge in [0.05, 0.1) is 12.6 Å². The highest BCUT2D eigenvalue weighted by molar-refractivity contribution is 5.94. The lowest BCUT2D eigenvalue weighted by atomic mass is 10.2. The Morgan fingerprint density at radius 1 is 0.966 bits per heavy atom. The van der Waals surface area contributed by atoms with Crippen molar-refractivity contribution in [2.45, 2.75) is 46.3 Å². The van der Waals surface area contributed by atoms with Gasteiger partial charge < -0.3 is 20.7 Å². The maximum absolute atomic E-state index is 12.1. The third-order valence-corrected chi connectivity index (χ3v) is 4.20. The van der Waals surface area contributed by atoms with E-state index in [0.29, 0.717) is 18.7 Å². The molecule has 0 spiro atoms. The summed E-state index contributed by atoms with van der Waals surface area (Å²) < 4.78 is 5.61. The van der Waals surface area contributed by atoms with Gasteiger partial charge in [-0.25, -0.2) is 0 Å². The number of carbonyl (C=O) groups is 2. The van der Waals surface area contributed by atoms with Crippen LogP contribution in [0.15, 0.2) is 48.5 Å². The summed E-state index contributed by atoms with van der Waals surface area (Å²) in [6.07, 6.45) is 2.15. The highest BCUT2D eigenvalue weighted by Crippen LogP contribution is 2.14. The second kappa shape index (κ2) is 11.7. The first-order valence-electron chi connectivity index (χ1n) is 10.1. The molecule has 0 heterocycles. The molecule has 6 nitrogen and oxygen atoms in total. The van der Waals surface area contributed by atoms with Crippen molar-refractivity contribution in [3.05, 3.63) is 59.7 Å². The lowest BCUT2D eigenvalue weighted by molar-refractivity contribution is -0.119. The standard InChI is InChI=1S/C23H31N3O3/c1-4-5-14-24-23(28)19-8-10-20(11-9-19)25-16-22(27)26-15-18-6-12-21(13-7-18)29-17(2)3/h6-13,17,25H,4-5,14-16H2,1-3H3,(H,24,28)(H,26,27). The smallest absolute Gasteiger partial charge is 0.251 e. The number of amides is 2. The van der Waals surface area contributed by atoms with E-state index in [0.717, 1.165) is 29.8 Å². The SMILES string of the molecule is CCCCNC(=O)c1ccc(NCC(=O)NCc2ccc(OC(C)C)cc2)cc1. The Hall–Kier alpha value is -3.02. The van der Waals surface area contributed by atoms with Gasteiger partial charge in [-0.05, 0) is 62.2 Å². The van der Waals surface area contributed by atoms with E-state index in [9.17, 15) is 9.59 Å². The fourth-order valence-corrected chi connectivity index (χ4v) is 2.62. The number of rotatable bonds is 11. The molecule has 0 aliphatic heterocycles. The molecule has 0 bridgehead atoms. The van der Waals surface area contributed by atoms with Crippen LogP contribution < -0.4 is 20.7 Å². The molecule has 2 rings (SSSR count). The van der Waals surface area contributed by atoms with E-state index < -0.39 is 0 Å². The summed E-state index contributed by atoms with van der Waals surface area (Å²) in [6.45, 7) is 7.36. The number of hydrogen-bond donors (Lipinski definition) is 3. The molecule has 0 saturated carbocycles. The molecule has 0 atom stereocenters. The van der Waals surface area contributed by atoms with Crippen LogP contribution in [-0.2, 0) is 11.3 Å². The first kappa shape index (κ1) is 22.3. The van der Waals surface area contributed by atoms with Crippen molar-refractivity contribution in [3.63, 3.8) is 0 Å². The van der Waals surface area contributed by atoms with Gasteiger partial charge in [0.25, 0.3) is 5.91 Å². The number of nitrogens with one attached hydrogen (secondary N) is 3. The Kier molecular flexibility index (Phi) is 9.02. The van der Waals surface area contributed by atoms with E-state index in [2.05, 4.69) is 22.9 Å². The molecule has 2 amide bonds. The van der Waals surface area contributed by atoms with Crippen molar-refractivity contribution in [3.8, 4) is 5.75 Å². The molecular weight excluding hydrogens is 366 g/mol. The molecule has 0 aromatic heterocycles. The van der Waals surface area contributed by atoms with Crippen molar-refractivity contribution < 1.29 is 14.3 Å². The molecule has 3 N–H and O–H groups in total. The molecule has 0 unspecified atom stereocenters. The van der Waals surface area contributed by atoms with E-state index in [-0.39, 0.29) is 24.5 Å². The van der Waals surface area contributed by atoms with Gasteiger partial charge in [0, 0.05) is 24.3 Å². The van der Waals surface area contributed by atoms with Crippen LogP contribution in [-0.4, -0.2) is 31.0 Å². The maximum Gasteiger partial charge on any atom is 0.251 e. The number of ether oxygens (including phenoxy) is 1. The quantitative estimate of drug-likeness (QED) is 0.505. The van der Waals surface area contributed by atoms with Crippen molar-refractivity contribution in [1.82, 2.24) is 10.6 Å². The molecule has 29 heavy (non-hydrogen) atoms. The number of benzene rings is 2. The van der Waals surface area contributed by atoms with Gasteiger partial charge in [0.1, 0.15) is 5.75 Å². The Morgan fingerprint density at radius 3 is 2.28 bits per heavy atom. The first-order chi connectivity index (χ1) is 14.0. The lowest BCUT2D eigenvalue weighted by Gasteiger charge is -2.11. The summed E-state index contributed by atoms with van der Waals surface area (Å²) in [5.74, 6) is 0.640. The predicted octanol–water partition coefficient (Wildman–Crippen LogP) is 3.73. The van der Waals surface area contributed by atoms with Crippen molar-refractivity contribution in [2.24, 2.45) is 0 Å². The van der Waals surface area contributed by atoms with Gasteiger partial charge in [0.2, 0.25) is 5.91 Å². The summed E-state index contributed by atoms with van der Waals surface area (Å²) >= 11 is 0. The lowest BCUT2D eigenvalue weighted by Crippen LogP contribution is -2.29. The topological polar surface area (TPSA) is 79.5 Å². The van der Waals surface area contributed by atoms with Crippen LogP contribution in [0.5, 0.6) is 5.75 Å². The van der Waals surface area contributed by atoms with Gasteiger partial charge >= 0.3 is 0 Å². The third kappa shape index (κ3) is 8.25. The number of carbonyl (C=O) groups excluding carboxylic acids is 2. The second-order valence-corrected chi connectivity index (χ2v) is 7.13. The minimum absolute atomic E-state index is 0.0763. The zero-order valence-electron chi connectivity index (χ0n) is 17.5. The summed E-state index contributed by atoms with van der Waals surface area (Å²) in [7, 11) is 0. The zero-order chi connectivity index (χ0) is 21.1.